The summed E-state index contributed by atoms with van der Waals surface area (Å²) in [5, 5.41) is 3.05. The first-order valence-electron chi connectivity index (χ1n) is 7.30. The van der Waals surface area contributed by atoms with Crippen LogP contribution in [0.15, 0.2) is 41.2 Å². The first-order chi connectivity index (χ1) is 11.0. The summed E-state index contributed by atoms with van der Waals surface area (Å²) in [6, 6.07) is 11.6. The molecule has 0 bridgehead atoms. The van der Waals surface area contributed by atoms with E-state index in [0.717, 1.165) is 32.9 Å². The summed E-state index contributed by atoms with van der Waals surface area (Å²) in [6.45, 7) is 2.00. The van der Waals surface area contributed by atoms with Crippen molar-refractivity contribution in [2.75, 3.05) is 7.11 Å². The minimum atomic E-state index is -0.173. The summed E-state index contributed by atoms with van der Waals surface area (Å²) in [5.74, 6) is 0. The molecule has 0 aliphatic heterocycles. The van der Waals surface area contributed by atoms with Crippen molar-refractivity contribution < 1.29 is 4.84 Å². The number of hydrogen-bond donors (Lipinski definition) is 0. The number of rotatable bonds is 1. The van der Waals surface area contributed by atoms with E-state index in [9.17, 15) is 4.79 Å². The minimum absolute atomic E-state index is 0.173. The molecule has 0 unspecified atom stereocenters. The van der Waals surface area contributed by atoms with Crippen molar-refractivity contribution >= 4 is 44.3 Å². The normalized spacial score (nSPS) is 11.7. The van der Waals surface area contributed by atoms with Gasteiger partial charge in [0, 0.05) is 28.4 Å². The second kappa shape index (κ2) is 4.77. The van der Waals surface area contributed by atoms with Crippen molar-refractivity contribution in [2.24, 2.45) is 7.05 Å². The van der Waals surface area contributed by atoms with Crippen LogP contribution in [0.2, 0.25) is 5.02 Å². The molecule has 2 aromatic heterocycles. The summed E-state index contributed by atoms with van der Waals surface area (Å²) in [5.41, 5.74) is 3.53. The Kier molecular flexibility index (Phi) is 2.93. The first-order valence-corrected chi connectivity index (χ1v) is 7.68. The van der Waals surface area contributed by atoms with Crippen LogP contribution in [0.1, 0.15) is 5.56 Å². The monoisotopic (exact) mass is 326 g/mol. The van der Waals surface area contributed by atoms with Gasteiger partial charge in [0.05, 0.1) is 16.4 Å². The Morgan fingerprint density at radius 2 is 1.83 bits per heavy atom. The molecule has 4 aromatic rings. The second-order valence-corrected chi connectivity index (χ2v) is 6.18. The maximum atomic E-state index is 13.0. The number of nitrogens with zero attached hydrogens (tertiary/aromatic N) is 2. The van der Waals surface area contributed by atoms with E-state index in [1.165, 1.54) is 11.8 Å². The minimum Gasteiger partial charge on any atom is -0.413 e. The predicted octanol–water partition coefficient (Wildman–Crippen LogP) is 3.67. The average molecular weight is 327 g/mol. The van der Waals surface area contributed by atoms with Gasteiger partial charge in [-0.05, 0) is 36.8 Å². The van der Waals surface area contributed by atoms with Gasteiger partial charge in [-0.15, -0.1) is 4.73 Å². The van der Waals surface area contributed by atoms with Crippen LogP contribution in [0.3, 0.4) is 0 Å². The fourth-order valence-corrected chi connectivity index (χ4v) is 3.52. The largest absolute Gasteiger partial charge is 0.413 e. The van der Waals surface area contributed by atoms with Crippen molar-refractivity contribution in [2.45, 2.75) is 6.92 Å². The van der Waals surface area contributed by atoms with Crippen molar-refractivity contribution in [3.63, 3.8) is 0 Å². The summed E-state index contributed by atoms with van der Waals surface area (Å²) < 4.78 is 3.39. The predicted molar refractivity (Wildman–Crippen MR) is 94.4 cm³/mol. The lowest BCUT2D eigenvalue weighted by Gasteiger charge is -2.11. The van der Waals surface area contributed by atoms with Gasteiger partial charge in [0.15, 0.2) is 0 Å². The highest BCUT2D eigenvalue weighted by Crippen LogP contribution is 2.32. The molecule has 23 heavy (non-hydrogen) atoms. The van der Waals surface area contributed by atoms with Gasteiger partial charge < -0.3 is 9.40 Å². The van der Waals surface area contributed by atoms with Crippen LogP contribution >= 0.6 is 11.6 Å². The molecule has 0 saturated heterocycles. The number of benzene rings is 2. The molecule has 0 aliphatic carbocycles. The van der Waals surface area contributed by atoms with Gasteiger partial charge in [-0.25, -0.2) is 0 Å². The highest BCUT2D eigenvalue weighted by atomic mass is 35.5. The van der Waals surface area contributed by atoms with Gasteiger partial charge in [0.2, 0.25) is 0 Å². The highest BCUT2D eigenvalue weighted by Gasteiger charge is 2.18. The van der Waals surface area contributed by atoms with E-state index in [4.69, 9.17) is 16.4 Å². The third kappa shape index (κ3) is 1.82. The molecular weight excluding hydrogens is 312 g/mol. The number of fused-ring (bicyclic) bond motifs is 5. The molecule has 2 heterocycles. The molecule has 116 valence electrons. The van der Waals surface area contributed by atoms with Gasteiger partial charge in [-0.2, -0.15) is 0 Å². The number of pyridine rings is 1. The van der Waals surface area contributed by atoms with Crippen molar-refractivity contribution in [1.82, 2.24) is 9.30 Å². The van der Waals surface area contributed by atoms with E-state index >= 15 is 0 Å². The van der Waals surface area contributed by atoms with Crippen LogP contribution < -0.4 is 10.4 Å². The lowest BCUT2D eigenvalue weighted by molar-refractivity contribution is 0.170. The van der Waals surface area contributed by atoms with E-state index in [1.54, 1.807) is 0 Å². The molecule has 0 amide bonds. The lowest BCUT2D eigenvalue weighted by Crippen LogP contribution is -2.25. The van der Waals surface area contributed by atoms with Gasteiger partial charge in [-0.3, -0.25) is 4.79 Å². The summed E-state index contributed by atoms with van der Waals surface area (Å²) in [6.07, 6.45) is 0. The van der Waals surface area contributed by atoms with Gasteiger partial charge >= 0.3 is 0 Å². The third-order valence-corrected chi connectivity index (χ3v) is 4.60. The van der Waals surface area contributed by atoms with E-state index in [1.807, 2.05) is 54.9 Å². The van der Waals surface area contributed by atoms with Crippen LogP contribution in [0, 0.1) is 6.92 Å². The quantitative estimate of drug-likeness (QED) is 0.535. The highest BCUT2D eigenvalue weighted by molar-refractivity contribution is 6.32. The fourth-order valence-electron chi connectivity index (χ4n) is 3.35. The maximum Gasteiger partial charge on any atom is 0.293 e. The van der Waals surface area contributed by atoms with E-state index in [2.05, 4.69) is 0 Å². The van der Waals surface area contributed by atoms with E-state index < -0.39 is 0 Å². The SMILES string of the molecule is COn1c(=O)c2c3cc(Cl)ccc3n(C)c2c2ccc(C)cc21. The Labute approximate surface area is 137 Å². The van der Waals surface area contributed by atoms with Gasteiger partial charge in [0.1, 0.15) is 7.11 Å². The molecule has 0 N–H and O–H groups in total. The molecule has 2 aromatic carbocycles. The Hall–Kier alpha value is -2.46. The zero-order valence-corrected chi connectivity index (χ0v) is 13.8. The Morgan fingerprint density at radius 3 is 2.57 bits per heavy atom. The van der Waals surface area contributed by atoms with Crippen LogP contribution in [-0.2, 0) is 7.05 Å². The topological polar surface area (TPSA) is 36.2 Å². The van der Waals surface area contributed by atoms with Crippen molar-refractivity contribution in [3.05, 3.63) is 57.3 Å². The van der Waals surface area contributed by atoms with E-state index in [-0.39, 0.29) is 5.56 Å². The van der Waals surface area contributed by atoms with Crippen molar-refractivity contribution in [3.8, 4) is 0 Å². The molecule has 5 heteroatoms. The summed E-state index contributed by atoms with van der Waals surface area (Å²) in [7, 11) is 3.47. The van der Waals surface area contributed by atoms with Crippen LogP contribution in [0.5, 0.6) is 0 Å². The Balaban J connectivity index is 2.42. The first kappa shape index (κ1) is 14.2. The molecule has 4 nitrogen and oxygen atoms in total. The number of aryl methyl sites for hydroxylation is 2. The van der Waals surface area contributed by atoms with Gasteiger partial charge in [-0.1, -0.05) is 23.7 Å². The molecule has 0 saturated carbocycles. The molecule has 0 aliphatic rings. The zero-order chi connectivity index (χ0) is 16.3. The Morgan fingerprint density at radius 1 is 1.04 bits per heavy atom. The molecular formula is C18H15ClN2O2. The van der Waals surface area contributed by atoms with Crippen LogP contribution in [0.4, 0.5) is 0 Å². The molecule has 4 rings (SSSR count). The number of halogens is 1. The maximum absolute atomic E-state index is 13.0. The average Bonchev–Trinajstić information content (AvgIpc) is 2.81. The number of aromatic nitrogens is 2. The molecule has 0 radical (unpaired) electrons. The van der Waals surface area contributed by atoms with E-state index in [0.29, 0.717) is 10.4 Å². The molecule has 0 fully saturated rings. The van der Waals surface area contributed by atoms with Crippen LogP contribution in [-0.4, -0.2) is 16.4 Å². The second-order valence-electron chi connectivity index (χ2n) is 5.75. The van der Waals surface area contributed by atoms with Crippen molar-refractivity contribution in [1.29, 1.82) is 0 Å². The standard InChI is InChI=1S/C18H15ClN2O2/c1-10-4-6-12-15(8-10)21(23-3)18(22)16-13-9-11(19)5-7-14(13)20(2)17(12)16/h4-9H,1-3H3. The van der Waals surface area contributed by atoms with Crippen LogP contribution in [0.25, 0.3) is 32.7 Å². The smallest absolute Gasteiger partial charge is 0.293 e. The summed E-state index contributed by atoms with van der Waals surface area (Å²) >= 11 is 6.14. The zero-order valence-electron chi connectivity index (χ0n) is 13.1. The van der Waals surface area contributed by atoms with Gasteiger partial charge in [0.25, 0.3) is 5.56 Å². The summed E-state index contributed by atoms with van der Waals surface area (Å²) in [4.78, 5) is 18.4. The number of hydrogen-bond acceptors (Lipinski definition) is 2. The third-order valence-electron chi connectivity index (χ3n) is 4.37. The fraction of sp³-hybridized carbons (Fsp3) is 0.167. The molecule has 0 atom stereocenters. The lowest BCUT2D eigenvalue weighted by atomic mass is 10.1. The Bertz CT molecular complexity index is 1160. The molecule has 0 spiro atoms.